The van der Waals surface area contributed by atoms with Crippen LogP contribution in [-0.2, 0) is 19.1 Å². The zero-order valence-corrected chi connectivity index (χ0v) is 14.7. The van der Waals surface area contributed by atoms with Gasteiger partial charge >= 0.3 is 11.9 Å². The standard InChI is InChI=1S/C16H22N4O4/c1-9-7-11(3)19(17-9)13(15(21)23-5)14(16(22)24-6)20-12(4)8-10(2)18-20/h7-8,13-14H,1-6H3. The third-order valence-electron chi connectivity index (χ3n) is 3.80. The van der Waals surface area contributed by atoms with Crippen molar-refractivity contribution in [2.75, 3.05) is 14.2 Å². The maximum Gasteiger partial charge on any atom is 0.333 e. The number of ether oxygens (including phenoxy) is 2. The first-order valence-corrected chi connectivity index (χ1v) is 7.51. The lowest BCUT2D eigenvalue weighted by Gasteiger charge is -2.25. The molecule has 2 heterocycles. The maximum absolute atomic E-state index is 12.5. The van der Waals surface area contributed by atoms with Crippen LogP contribution in [0.4, 0.5) is 0 Å². The van der Waals surface area contributed by atoms with Gasteiger partial charge in [-0.2, -0.15) is 10.2 Å². The topological polar surface area (TPSA) is 88.2 Å². The van der Waals surface area contributed by atoms with Gasteiger partial charge in [-0.15, -0.1) is 0 Å². The second-order valence-corrected chi connectivity index (χ2v) is 5.68. The molecule has 0 bridgehead atoms. The van der Waals surface area contributed by atoms with Crippen LogP contribution in [0.15, 0.2) is 12.1 Å². The zero-order chi connectivity index (χ0) is 18.0. The lowest BCUT2D eigenvalue weighted by molar-refractivity contribution is -0.156. The number of methoxy groups -OCH3 is 2. The number of rotatable bonds is 5. The molecule has 2 aromatic rings. The molecular formula is C16H22N4O4. The molecule has 0 fully saturated rings. The van der Waals surface area contributed by atoms with E-state index in [2.05, 4.69) is 10.2 Å². The van der Waals surface area contributed by atoms with Gasteiger partial charge in [-0.1, -0.05) is 0 Å². The molecule has 130 valence electrons. The number of carbonyl (C=O) groups excluding carboxylic acids is 2. The van der Waals surface area contributed by atoms with Gasteiger partial charge in [-0.25, -0.2) is 9.59 Å². The third kappa shape index (κ3) is 3.17. The number of hydrogen-bond acceptors (Lipinski definition) is 6. The highest BCUT2D eigenvalue weighted by Crippen LogP contribution is 2.28. The number of aromatic nitrogens is 4. The molecule has 2 atom stereocenters. The van der Waals surface area contributed by atoms with Crippen LogP contribution in [0.3, 0.4) is 0 Å². The molecule has 0 aliphatic carbocycles. The Morgan fingerprint density at radius 2 is 1.17 bits per heavy atom. The molecule has 0 saturated heterocycles. The van der Waals surface area contributed by atoms with Crippen molar-refractivity contribution in [2.24, 2.45) is 0 Å². The Kier molecular flexibility index (Phi) is 5.06. The Hall–Kier alpha value is -2.64. The lowest BCUT2D eigenvalue weighted by Crippen LogP contribution is -2.38. The summed E-state index contributed by atoms with van der Waals surface area (Å²) in [5.41, 5.74) is 2.94. The first-order chi connectivity index (χ1) is 11.3. The normalized spacial score (nSPS) is 13.4. The van der Waals surface area contributed by atoms with Crippen LogP contribution in [0, 0.1) is 27.7 Å². The largest absolute Gasteiger partial charge is 0.467 e. The molecular weight excluding hydrogens is 312 g/mol. The summed E-state index contributed by atoms with van der Waals surface area (Å²) in [6, 6.07) is 1.61. The highest BCUT2D eigenvalue weighted by Gasteiger charge is 2.41. The van der Waals surface area contributed by atoms with Gasteiger partial charge in [0, 0.05) is 11.4 Å². The second kappa shape index (κ2) is 6.86. The summed E-state index contributed by atoms with van der Waals surface area (Å²) >= 11 is 0. The fourth-order valence-corrected chi connectivity index (χ4v) is 2.82. The first-order valence-electron chi connectivity index (χ1n) is 7.51. The molecule has 2 aromatic heterocycles. The third-order valence-corrected chi connectivity index (χ3v) is 3.80. The van der Waals surface area contributed by atoms with Gasteiger partial charge in [0.05, 0.1) is 25.6 Å². The monoisotopic (exact) mass is 334 g/mol. The summed E-state index contributed by atoms with van der Waals surface area (Å²) in [5, 5.41) is 8.69. The molecule has 0 aliphatic rings. The van der Waals surface area contributed by atoms with E-state index in [0.29, 0.717) is 0 Å². The van der Waals surface area contributed by atoms with Crippen LogP contribution in [0.5, 0.6) is 0 Å². The molecule has 2 rings (SSSR count). The van der Waals surface area contributed by atoms with E-state index in [1.165, 1.54) is 23.6 Å². The molecule has 2 unspecified atom stereocenters. The number of carbonyl (C=O) groups is 2. The summed E-state index contributed by atoms with van der Waals surface area (Å²) in [4.78, 5) is 25.0. The van der Waals surface area contributed by atoms with Crippen molar-refractivity contribution in [2.45, 2.75) is 39.8 Å². The van der Waals surface area contributed by atoms with Gasteiger partial charge in [-0.05, 0) is 39.8 Å². The van der Waals surface area contributed by atoms with Crippen molar-refractivity contribution in [3.05, 3.63) is 34.9 Å². The van der Waals surface area contributed by atoms with E-state index >= 15 is 0 Å². The van der Waals surface area contributed by atoms with Crippen LogP contribution in [0.2, 0.25) is 0 Å². The fourth-order valence-electron chi connectivity index (χ4n) is 2.82. The smallest absolute Gasteiger partial charge is 0.333 e. The molecule has 24 heavy (non-hydrogen) atoms. The van der Waals surface area contributed by atoms with Gasteiger partial charge in [0.1, 0.15) is 0 Å². The number of aryl methyl sites for hydroxylation is 4. The number of hydrogen-bond donors (Lipinski definition) is 0. The van der Waals surface area contributed by atoms with Crippen LogP contribution in [0.1, 0.15) is 34.9 Å². The van der Waals surface area contributed by atoms with E-state index in [4.69, 9.17) is 9.47 Å². The van der Waals surface area contributed by atoms with Gasteiger partial charge < -0.3 is 9.47 Å². The molecule has 0 radical (unpaired) electrons. The van der Waals surface area contributed by atoms with E-state index < -0.39 is 24.0 Å². The summed E-state index contributed by atoms with van der Waals surface area (Å²) in [7, 11) is 2.55. The maximum atomic E-state index is 12.5. The molecule has 0 saturated carbocycles. The highest BCUT2D eigenvalue weighted by atomic mass is 16.5. The average molecular weight is 334 g/mol. The molecule has 8 nitrogen and oxygen atoms in total. The zero-order valence-electron chi connectivity index (χ0n) is 14.7. The summed E-state index contributed by atoms with van der Waals surface area (Å²) in [5.74, 6) is -1.19. The van der Waals surface area contributed by atoms with E-state index in [1.54, 1.807) is 0 Å². The van der Waals surface area contributed by atoms with Crippen molar-refractivity contribution in [1.82, 2.24) is 19.6 Å². The minimum absolute atomic E-state index is 0.593. The minimum Gasteiger partial charge on any atom is -0.467 e. The van der Waals surface area contributed by atoms with Crippen LogP contribution in [0.25, 0.3) is 0 Å². The van der Waals surface area contributed by atoms with Crippen LogP contribution in [-0.4, -0.2) is 45.7 Å². The predicted molar refractivity (Wildman–Crippen MR) is 85.5 cm³/mol. The van der Waals surface area contributed by atoms with Crippen LogP contribution < -0.4 is 0 Å². The van der Waals surface area contributed by atoms with Gasteiger partial charge in [0.2, 0.25) is 0 Å². The Morgan fingerprint density at radius 1 is 0.833 bits per heavy atom. The van der Waals surface area contributed by atoms with Crippen molar-refractivity contribution in [3.8, 4) is 0 Å². The molecule has 8 heteroatoms. The van der Waals surface area contributed by atoms with Gasteiger partial charge in [-0.3, -0.25) is 9.36 Å². The Morgan fingerprint density at radius 3 is 1.38 bits per heavy atom. The highest BCUT2D eigenvalue weighted by molar-refractivity contribution is 5.84. The van der Waals surface area contributed by atoms with E-state index in [0.717, 1.165) is 22.8 Å². The SMILES string of the molecule is COC(=O)C(C(C(=O)OC)n1nc(C)cc1C)n1nc(C)cc1C. The van der Waals surface area contributed by atoms with Gasteiger partial charge in [0.15, 0.2) is 12.1 Å². The van der Waals surface area contributed by atoms with Gasteiger partial charge in [0.25, 0.3) is 0 Å². The predicted octanol–water partition coefficient (Wildman–Crippen LogP) is 1.44. The summed E-state index contributed by atoms with van der Waals surface area (Å²) in [6.07, 6.45) is 0. The second-order valence-electron chi connectivity index (χ2n) is 5.68. The molecule has 0 spiro atoms. The van der Waals surface area contributed by atoms with E-state index in [9.17, 15) is 9.59 Å². The number of esters is 2. The summed E-state index contributed by atoms with van der Waals surface area (Å²) < 4.78 is 12.8. The first kappa shape index (κ1) is 17.7. The molecule has 0 amide bonds. The molecule has 0 aliphatic heterocycles. The lowest BCUT2D eigenvalue weighted by atomic mass is 10.1. The quantitative estimate of drug-likeness (QED) is 0.769. The van der Waals surface area contributed by atoms with Crippen molar-refractivity contribution in [1.29, 1.82) is 0 Å². The number of nitrogens with zero attached hydrogens (tertiary/aromatic N) is 4. The summed E-state index contributed by atoms with van der Waals surface area (Å²) in [6.45, 7) is 7.25. The fraction of sp³-hybridized carbons (Fsp3) is 0.500. The minimum atomic E-state index is -1.02. The average Bonchev–Trinajstić information content (AvgIpc) is 3.03. The van der Waals surface area contributed by atoms with Crippen molar-refractivity contribution in [3.63, 3.8) is 0 Å². The molecule has 0 N–H and O–H groups in total. The Balaban J connectivity index is 2.66. The van der Waals surface area contributed by atoms with E-state index in [-0.39, 0.29) is 0 Å². The van der Waals surface area contributed by atoms with Crippen LogP contribution >= 0.6 is 0 Å². The van der Waals surface area contributed by atoms with Crippen molar-refractivity contribution < 1.29 is 19.1 Å². The molecule has 0 aromatic carbocycles. The Bertz CT molecular complexity index is 698. The van der Waals surface area contributed by atoms with E-state index in [1.807, 2.05) is 39.8 Å². The van der Waals surface area contributed by atoms with Crippen molar-refractivity contribution >= 4 is 11.9 Å². The Labute approximate surface area is 140 Å².